The number of amides is 2. The molecule has 3 rings (SSSR count). The molecule has 26 heavy (non-hydrogen) atoms. The maximum Gasteiger partial charge on any atom is 0.265 e. The number of carbonyl (C=O) groups excluding carboxylic acids is 2. The van der Waals surface area contributed by atoms with Crippen LogP contribution in [0.4, 0.5) is 0 Å². The number of aromatic nitrogens is 1. The first-order valence-corrected chi connectivity index (χ1v) is 8.77. The van der Waals surface area contributed by atoms with E-state index in [1.807, 2.05) is 48.7 Å². The van der Waals surface area contributed by atoms with E-state index in [4.69, 9.17) is 23.8 Å². The lowest BCUT2D eigenvalue weighted by Crippen LogP contribution is -2.52. The minimum absolute atomic E-state index is 0.0925. The molecule has 7 heteroatoms. The third-order valence-electron chi connectivity index (χ3n) is 4.48. The highest BCUT2D eigenvalue weighted by atomic mass is 35.5. The summed E-state index contributed by atoms with van der Waals surface area (Å²) >= 11 is 11.2. The maximum absolute atomic E-state index is 12.5. The molecule has 1 saturated heterocycles. The Bertz CT molecular complexity index is 951. The second-order valence-electron chi connectivity index (χ2n) is 6.21. The van der Waals surface area contributed by atoms with Crippen LogP contribution in [0.15, 0.2) is 35.9 Å². The number of likely N-dealkylation sites (N-methyl/N-ethyl adjacent to an activating group) is 2. The molecule has 134 valence electrons. The van der Waals surface area contributed by atoms with Gasteiger partial charge in [-0.1, -0.05) is 17.7 Å². The fourth-order valence-electron chi connectivity index (χ4n) is 3.08. The van der Waals surface area contributed by atoms with Crippen molar-refractivity contribution in [2.75, 3.05) is 14.1 Å². The average molecular weight is 388 g/mol. The van der Waals surface area contributed by atoms with Gasteiger partial charge in [-0.3, -0.25) is 19.4 Å². The van der Waals surface area contributed by atoms with Crippen LogP contribution in [0.25, 0.3) is 11.8 Å². The van der Waals surface area contributed by atoms with Gasteiger partial charge in [0.2, 0.25) is 0 Å². The Morgan fingerprint density at radius 3 is 2.23 bits per heavy atom. The van der Waals surface area contributed by atoms with Gasteiger partial charge in [0.25, 0.3) is 11.8 Å². The standard InChI is InChI=1S/C19H18ClN3O2S/c1-11-8-13(12(2)23(11)15-7-5-6-14(20)10-15)9-16-17(24)21(3)19(26)22(4)18(16)25/h5-10H,1-4H3. The van der Waals surface area contributed by atoms with Gasteiger partial charge in [-0.15, -0.1) is 0 Å². The minimum Gasteiger partial charge on any atom is -0.318 e. The largest absolute Gasteiger partial charge is 0.318 e. The first-order chi connectivity index (χ1) is 12.2. The Kier molecular flexibility index (Phi) is 4.73. The lowest BCUT2D eigenvalue weighted by atomic mass is 10.1. The van der Waals surface area contributed by atoms with E-state index in [0.717, 1.165) is 22.6 Å². The second kappa shape index (κ2) is 6.70. The van der Waals surface area contributed by atoms with Gasteiger partial charge >= 0.3 is 0 Å². The predicted octanol–water partition coefficient (Wildman–Crippen LogP) is 3.35. The summed E-state index contributed by atoms with van der Waals surface area (Å²) in [6, 6.07) is 9.47. The van der Waals surface area contributed by atoms with Crippen LogP contribution < -0.4 is 0 Å². The molecule has 0 unspecified atom stereocenters. The second-order valence-corrected chi connectivity index (χ2v) is 7.01. The number of hydrogen-bond acceptors (Lipinski definition) is 3. The molecular weight excluding hydrogens is 370 g/mol. The zero-order valence-electron chi connectivity index (χ0n) is 14.9. The molecule has 1 aliphatic heterocycles. The lowest BCUT2D eigenvalue weighted by molar-refractivity contribution is -0.132. The van der Waals surface area contributed by atoms with Crippen molar-refractivity contribution in [3.8, 4) is 5.69 Å². The zero-order chi connectivity index (χ0) is 19.2. The van der Waals surface area contributed by atoms with Crippen molar-refractivity contribution in [1.29, 1.82) is 0 Å². The summed E-state index contributed by atoms with van der Waals surface area (Å²) in [5.41, 5.74) is 3.71. The molecule has 1 aliphatic rings. The monoisotopic (exact) mass is 387 g/mol. The van der Waals surface area contributed by atoms with Crippen molar-refractivity contribution in [3.63, 3.8) is 0 Å². The predicted molar refractivity (Wildman–Crippen MR) is 106 cm³/mol. The number of halogens is 1. The van der Waals surface area contributed by atoms with E-state index < -0.39 is 11.8 Å². The van der Waals surface area contributed by atoms with E-state index in [2.05, 4.69) is 0 Å². The molecule has 2 aromatic rings. The summed E-state index contributed by atoms with van der Waals surface area (Å²) < 4.78 is 2.04. The Balaban J connectivity index is 2.10. The fourth-order valence-corrected chi connectivity index (χ4v) is 3.43. The molecule has 2 amide bonds. The van der Waals surface area contributed by atoms with Gasteiger partial charge in [-0.25, -0.2) is 0 Å². The van der Waals surface area contributed by atoms with Crippen LogP contribution >= 0.6 is 23.8 Å². The van der Waals surface area contributed by atoms with Gasteiger partial charge < -0.3 is 4.57 Å². The minimum atomic E-state index is -0.398. The van der Waals surface area contributed by atoms with Gasteiger partial charge in [0.05, 0.1) is 0 Å². The summed E-state index contributed by atoms with van der Waals surface area (Å²) in [6.45, 7) is 3.91. The first-order valence-electron chi connectivity index (χ1n) is 7.99. The van der Waals surface area contributed by atoms with Crippen LogP contribution in [0.1, 0.15) is 17.0 Å². The highest BCUT2D eigenvalue weighted by molar-refractivity contribution is 7.80. The van der Waals surface area contributed by atoms with Crippen molar-refractivity contribution in [1.82, 2.24) is 14.4 Å². The van der Waals surface area contributed by atoms with Gasteiger partial charge in [-0.05, 0) is 62.0 Å². The smallest absolute Gasteiger partial charge is 0.265 e. The lowest BCUT2D eigenvalue weighted by Gasteiger charge is -2.31. The van der Waals surface area contributed by atoms with Gasteiger partial charge in [-0.2, -0.15) is 0 Å². The molecule has 2 heterocycles. The normalized spacial score (nSPS) is 15.1. The number of benzene rings is 1. The fraction of sp³-hybridized carbons (Fsp3) is 0.211. The molecule has 0 spiro atoms. The first kappa shape index (κ1) is 18.4. The molecule has 0 atom stereocenters. The topological polar surface area (TPSA) is 45.6 Å². The highest BCUT2D eigenvalue weighted by Gasteiger charge is 2.35. The van der Waals surface area contributed by atoms with E-state index in [1.54, 1.807) is 20.2 Å². The van der Waals surface area contributed by atoms with Crippen LogP contribution in [-0.4, -0.2) is 45.4 Å². The number of aryl methyl sites for hydroxylation is 1. The van der Waals surface area contributed by atoms with Crippen LogP contribution in [0, 0.1) is 13.8 Å². The van der Waals surface area contributed by atoms with Crippen molar-refractivity contribution < 1.29 is 9.59 Å². The zero-order valence-corrected chi connectivity index (χ0v) is 16.5. The molecule has 0 aliphatic carbocycles. The maximum atomic E-state index is 12.5. The Hall–Kier alpha value is -2.44. The number of thiocarbonyl (C=S) groups is 1. The van der Waals surface area contributed by atoms with Gasteiger partial charge in [0, 0.05) is 36.2 Å². The van der Waals surface area contributed by atoms with Crippen LogP contribution in [0.5, 0.6) is 0 Å². The van der Waals surface area contributed by atoms with Crippen molar-refractivity contribution in [2.24, 2.45) is 0 Å². The molecular formula is C19H18ClN3O2S. The van der Waals surface area contributed by atoms with Crippen molar-refractivity contribution in [2.45, 2.75) is 13.8 Å². The van der Waals surface area contributed by atoms with Gasteiger partial charge in [0.1, 0.15) is 5.57 Å². The number of nitrogens with zero attached hydrogens (tertiary/aromatic N) is 3. The molecule has 0 bridgehead atoms. The number of carbonyl (C=O) groups is 2. The van der Waals surface area contributed by atoms with E-state index in [9.17, 15) is 9.59 Å². The van der Waals surface area contributed by atoms with Crippen LogP contribution in [0.3, 0.4) is 0 Å². The van der Waals surface area contributed by atoms with Gasteiger partial charge in [0.15, 0.2) is 5.11 Å². The third kappa shape index (κ3) is 2.95. The Morgan fingerprint density at radius 1 is 1.04 bits per heavy atom. The summed E-state index contributed by atoms with van der Waals surface area (Å²) in [4.78, 5) is 27.6. The van der Waals surface area contributed by atoms with Crippen molar-refractivity contribution in [3.05, 3.63) is 57.9 Å². The summed E-state index contributed by atoms with van der Waals surface area (Å²) in [5.74, 6) is -0.795. The average Bonchev–Trinajstić information content (AvgIpc) is 2.88. The number of hydrogen-bond donors (Lipinski definition) is 0. The summed E-state index contributed by atoms with van der Waals surface area (Å²) in [6.07, 6.45) is 1.63. The SMILES string of the molecule is Cc1cc(C=C2C(=O)N(C)C(=S)N(C)C2=O)c(C)n1-c1cccc(Cl)c1. The summed E-state index contributed by atoms with van der Waals surface area (Å²) in [7, 11) is 3.13. The third-order valence-corrected chi connectivity index (χ3v) is 5.26. The van der Waals surface area contributed by atoms with E-state index in [1.165, 1.54) is 9.80 Å². The highest BCUT2D eigenvalue weighted by Crippen LogP contribution is 2.26. The van der Waals surface area contributed by atoms with E-state index >= 15 is 0 Å². The number of rotatable bonds is 2. The molecule has 0 radical (unpaired) electrons. The van der Waals surface area contributed by atoms with E-state index in [-0.39, 0.29) is 10.7 Å². The van der Waals surface area contributed by atoms with E-state index in [0.29, 0.717) is 5.02 Å². The quantitative estimate of drug-likeness (QED) is 0.451. The molecule has 0 N–H and O–H groups in total. The molecule has 5 nitrogen and oxygen atoms in total. The molecule has 1 aromatic heterocycles. The molecule has 1 fully saturated rings. The molecule has 0 saturated carbocycles. The molecule has 1 aromatic carbocycles. The van der Waals surface area contributed by atoms with Crippen LogP contribution in [-0.2, 0) is 9.59 Å². The summed E-state index contributed by atoms with van der Waals surface area (Å²) in [5, 5.41) is 0.839. The van der Waals surface area contributed by atoms with Crippen LogP contribution in [0.2, 0.25) is 5.02 Å². The van der Waals surface area contributed by atoms with Crippen molar-refractivity contribution >= 4 is 46.8 Å². The Labute approximate surface area is 162 Å². The Morgan fingerprint density at radius 2 is 1.65 bits per heavy atom.